The highest BCUT2D eigenvalue weighted by Crippen LogP contribution is 2.30. The molecule has 9 heteroatoms. The van der Waals surface area contributed by atoms with Gasteiger partial charge in [-0.25, -0.2) is 9.69 Å². The minimum atomic E-state index is -0.705. The molecule has 3 amide bonds. The van der Waals surface area contributed by atoms with Gasteiger partial charge in [0.25, 0.3) is 17.7 Å². The van der Waals surface area contributed by atoms with Crippen molar-refractivity contribution in [3.8, 4) is 0 Å². The van der Waals surface area contributed by atoms with E-state index in [0.29, 0.717) is 16.8 Å². The second kappa shape index (κ2) is 11.1. The Bertz CT molecular complexity index is 1390. The van der Waals surface area contributed by atoms with Crippen molar-refractivity contribution in [3.63, 3.8) is 0 Å². The number of carbonyl (C=O) groups is 4. The molecule has 1 atom stereocenters. The molecule has 1 aliphatic rings. The molecule has 188 valence electrons. The van der Waals surface area contributed by atoms with Crippen LogP contribution in [0.3, 0.4) is 0 Å². The Morgan fingerprint density at radius 3 is 2.30 bits per heavy atom. The zero-order valence-electron chi connectivity index (χ0n) is 20.2. The molecular formula is C28H24ClN3O5. The second-order valence-electron chi connectivity index (χ2n) is 8.21. The predicted octanol–water partition coefficient (Wildman–Crippen LogP) is 4.79. The number of halogens is 1. The minimum absolute atomic E-state index is 0.114. The van der Waals surface area contributed by atoms with Gasteiger partial charge < -0.3 is 15.4 Å². The van der Waals surface area contributed by atoms with Crippen molar-refractivity contribution in [2.45, 2.75) is 19.9 Å². The van der Waals surface area contributed by atoms with E-state index in [-0.39, 0.29) is 35.0 Å². The monoisotopic (exact) mass is 517 g/mol. The predicted molar refractivity (Wildman–Crippen MR) is 140 cm³/mol. The third kappa shape index (κ3) is 5.54. The fourth-order valence-corrected chi connectivity index (χ4v) is 4.01. The number of ether oxygens (including phenoxy) is 1. The lowest BCUT2D eigenvalue weighted by Gasteiger charge is -2.16. The van der Waals surface area contributed by atoms with Crippen molar-refractivity contribution < 1.29 is 23.9 Å². The highest BCUT2D eigenvalue weighted by atomic mass is 35.5. The van der Waals surface area contributed by atoms with Gasteiger partial charge in [-0.15, -0.1) is 0 Å². The molecule has 2 N–H and O–H groups in total. The lowest BCUT2D eigenvalue weighted by molar-refractivity contribution is -0.120. The number of amides is 3. The van der Waals surface area contributed by atoms with Gasteiger partial charge in [0.1, 0.15) is 10.7 Å². The summed E-state index contributed by atoms with van der Waals surface area (Å²) in [5.41, 5.74) is 2.17. The molecule has 0 saturated heterocycles. The number of anilines is 2. The fourth-order valence-electron chi connectivity index (χ4n) is 3.79. The third-order valence-corrected chi connectivity index (χ3v) is 6.06. The number of rotatable bonds is 8. The van der Waals surface area contributed by atoms with E-state index in [1.54, 1.807) is 31.2 Å². The summed E-state index contributed by atoms with van der Waals surface area (Å²) in [4.78, 5) is 51.5. The van der Waals surface area contributed by atoms with E-state index in [2.05, 4.69) is 10.6 Å². The van der Waals surface area contributed by atoms with Crippen LogP contribution in [-0.4, -0.2) is 30.3 Å². The number of carbonyl (C=O) groups excluding carboxylic acids is 4. The SMILES string of the molecule is CCOC(=O)c1ccc(N2C(=O)C(Cl)=C(Nc3cccc(C(=O)NC(C)c4ccccc4)c3)C2=O)cc1. The van der Waals surface area contributed by atoms with Crippen LogP contribution in [-0.2, 0) is 14.3 Å². The van der Waals surface area contributed by atoms with Gasteiger partial charge in [0.15, 0.2) is 0 Å². The van der Waals surface area contributed by atoms with Gasteiger partial charge in [-0.2, -0.15) is 0 Å². The van der Waals surface area contributed by atoms with Gasteiger partial charge in [0, 0.05) is 11.3 Å². The summed E-state index contributed by atoms with van der Waals surface area (Å²) in [5.74, 6) is -2.17. The number of hydrogen-bond acceptors (Lipinski definition) is 6. The molecular weight excluding hydrogens is 494 g/mol. The maximum absolute atomic E-state index is 13.1. The first kappa shape index (κ1) is 25.7. The van der Waals surface area contributed by atoms with Crippen molar-refractivity contribution in [1.82, 2.24) is 5.32 Å². The number of hydrogen-bond donors (Lipinski definition) is 2. The first-order valence-corrected chi connectivity index (χ1v) is 12.0. The van der Waals surface area contributed by atoms with Crippen LogP contribution in [0.15, 0.2) is 89.6 Å². The molecule has 37 heavy (non-hydrogen) atoms. The first-order chi connectivity index (χ1) is 17.8. The molecule has 3 aromatic rings. The largest absolute Gasteiger partial charge is 0.462 e. The molecule has 1 heterocycles. The third-order valence-electron chi connectivity index (χ3n) is 5.71. The maximum atomic E-state index is 13.1. The summed E-state index contributed by atoms with van der Waals surface area (Å²) >= 11 is 6.23. The Hall–Kier alpha value is -4.43. The van der Waals surface area contributed by atoms with Crippen molar-refractivity contribution in [3.05, 3.63) is 106 Å². The summed E-state index contributed by atoms with van der Waals surface area (Å²) in [6, 6.07) is 21.7. The molecule has 1 aliphatic heterocycles. The normalized spacial score (nSPS) is 14.0. The van der Waals surface area contributed by atoms with Crippen LogP contribution in [0.25, 0.3) is 0 Å². The average molecular weight is 518 g/mol. The maximum Gasteiger partial charge on any atom is 0.338 e. The molecule has 0 radical (unpaired) electrons. The van der Waals surface area contributed by atoms with Gasteiger partial charge in [-0.1, -0.05) is 48.0 Å². The van der Waals surface area contributed by atoms with Crippen LogP contribution in [0.5, 0.6) is 0 Å². The Morgan fingerprint density at radius 1 is 0.919 bits per heavy atom. The zero-order valence-corrected chi connectivity index (χ0v) is 20.9. The van der Waals surface area contributed by atoms with E-state index in [9.17, 15) is 19.2 Å². The fraction of sp³-hybridized carbons (Fsp3) is 0.143. The van der Waals surface area contributed by atoms with E-state index in [4.69, 9.17) is 16.3 Å². The molecule has 4 rings (SSSR count). The number of benzene rings is 3. The van der Waals surface area contributed by atoms with Gasteiger partial charge >= 0.3 is 5.97 Å². The second-order valence-corrected chi connectivity index (χ2v) is 8.59. The first-order valence-electron chi connectivity index (χ1n) is 11.6. The van der Waals surface area contributed by atoms with E-state index >= 15 is 0 Å². The van der Waals surface area contributed by atoms with Crippen LogP contribution in [0.2, 0.25) is 0 Å². The van der Waals surface area contributed by atoms with Crippen molar-refractivity contribution in [2.24, 2.45) is 0 Å². The Balaban J connectivity index is 1.48. The Labute approximate surface area is 218 Å². The Kier molecular flexibility index (Phi) is 7.69. The van der Waals surface area contributed by atoms with Crippen molar-refractivity contribution in [1.29, 1.82) is 0 Å². The molecule has 3 aromatic carbocycles. The summed E-state index contributed by atoms with van der Waals surface area (Å²) in [6.07, 6.45) is 0. The lowest BCUT2D eigenvalue weighted by Crippen LogP contribution is -2.32. The number of nitrogens with one attached hydrogen (secondary N) is 2. The number of imide groups is 1. The van der Waals surface area contributed by atoms with E-state index in [1.165, 1.54) is 24.3 Å². The molecule has 8 nitrogen and oxygen atoms in total. The minimum Gasteiger partial charge on any atom is -0.462 e. The van der Waals surface area contributed by atoms with E-state index in [0.717, 1.165) is 10.5 Å². The van der Waals surface area contributed by atoms with Crippen LogP contribution in [0.4, 0.5) is 11.4 Å². The van der Waals surface area contributed by atoms with Crippen LogP contribution in [0, 0.1) is 0 Å². The molecule has 0 aromatic heterocycles. The summed E-state index contributed by atoms with van der Waals surface area (Å²) < 4.78 is 4.95. The van der Waals surface area contributed by atoms with E-state index < -0.39 is 17.8 Å². The van der Waals surface area contributed by atoms with Gasteiger partial charge in [0.05, 0.1) is 23.9 Å². The van der Waals surface area contributed by atoms with Crippen molar-refractivity contribution in [2.75, 3.05) is 16.8 Å². The van der Waals surface area contributed by atoms with Crippen LogP contribution in [0.1, 0.15) is 46.2 Å². The molecule has 0 aliphatic carbocycles. The molecule has 0 saturated carbocycles. The summed E-state index contributed by atoms with van der Waals surface area (Å²) in [6.45, 7) is 3.81. The topological polar surface area (TPSA) is 105 Å². The average Bonchev–Trinajstić information content (AvgIpc) is 3.12. The molecule has 0 bridgehead atoms. The summed E-state index contributed by atoms with van der Waals surface area (Å²) in [5, 5.41) is 5.53. The van der Waals surface area contributed by atoms with E-state index in [1.807, 2.05) is 37.3 Å². The smallest absolute Gasteiger partial charge is 0.338 e. The standard InChI is InChI=1S/C28H24ClN3O5/c1-3-37-28(36)19-12-14-22(15-13-19)32-26(34)23(29)24(27(32)35)31-21-11-7-10-20(16-21)25(33)30-17(2)18-8-5-4-6-9-18/h4-17,31H,3H2,1-2H3,(H,30,33). The van der Waals surface area contributed by atoms with Crippen LogP contribution < -0.4 is 15.5 Å². The molecule has 1 unspecified atom stereocenters. The Morgan fingerprint density at radius 2 is 1.62 bits per heavy atom. The van der Waals surface area contributed by atoms with Gasteiger partial charge in [-0.05, 0) is 61.9 Å². The van der Waals surface area contributed by atoms with Gasteiger partial charge in [0.2, 0.25) is 0 Å². The quantitative estimate of drug-likeness (QED) is 0.329. The zero-order chi connectivity index (χ0) is 26.5. The molecule has 0 fully saturated rings. The van der Waals surface area contributed by atoms with Gasteiger partial charge in [-0.3, -0.25) is 14.4 Å². The highest BCUT2D eigenvalue weighted by Gasteiger charge is 2.39. The summed E-state index contributed by atoms with van der Waals surface area (Å²) in [7, 11) is 0. The number of nitrogens with zero attached hydrogens (tertiary/aromatic N) is 1. The highest BCUT2D eigenvalue weighted by molar-refractivity contribution is 6.53. The lowest BCUT2D eigenvalue weighted by atomic mass is 10.1. The van der Waals surface area contributed by atoms with Crippen molar-refractivity contribution >= 4 is 46.7 Å². The van der Waals surface area contributed by atoms with Crippen LogP contribution >= 0.6 is 11.6 Å². The number of esters is 1. The molecule has 0 spiro atoms.